The van der Waals surface area contributed by atoms with Gasteiger partial charge < -0.3 is 14.9 Å². The minimum absolute atomic E-state index is 0.712. The molecule has 0 rings (SSSR count). The molecule has 0 unspecified atom stereocenters. The summed E-state index contributed by atoms with van der Waals surface area (Å²) in [5, 5.41) is 0. The predicted molar refractivity (Wildman–Crippen MR) is 52.6 cm³/mol. The third-order valence-electron chi connectivity index (χ3n) is 1.86. The average molecular weight is 175 g/mol. The van der Waals surface area contributed by atoms with Crippen LogP contribution in [0, 0.1) is 5.92 Å². The Hall–Kier alpha value is 0.0969. The maximum atomic E-state index is 3.51. The minimum atomic E-state index is -1.51. The van der Waals surface area contributed by atoms with Crippen LogP contribution < -0.4 is 14.9 Å². The molecule has 0 atom stereocenters. The first kappa shape index (κ1) is 11.1. The second-order valence-electron chi connectivity index (χ2n) is 3.40. The van der Waals surface area contributed by atoms with Gasteiger partial charge in [0, 0.05) is 0 Å². The molecule has 0 aliphatic carbocycles. The first-order valence-electron chi connectivity index (χ1n) is 4.17. The molecule has 0 spiro atoms. The molecule has 0 heterocycles. The molecular weight excluding hydrogens is 154 g/mol. The minimum Gasteiger partial charge on any atom is -0.316 e. The summed E-state index contributed by atoms with van der Waals surface area (Å²) in [6.45, 7) is 7.72. The van der Waals surface area contributed by atoms with E-state index in [9.17, 15) is 0 Å². The first-order chi connectivity index (χ1) is 5.04. The zero-order valence-electron chi connectivity index (χ0n) is 8.28. The van der Waals surface area contributed by atoms with Gasteiger partial charge in [-0.25, -0.2) is 0 Å². The van der Waals surface area contributed by atoms with E-state index in [2.05, 4.69) is 35.3 Å². The molecule has 4 heteroatoms. The second-order valence-corrected chi connectivity index (χ2v) is 7.00. The number of nitrogens with one attached hydrogen (secondary N) is 3. The lowest BCUT2D eigenvalue weighted by Crippen LogP contribution is -2.68. The van der Waals surface area contributed by atoms with Crippen LogP contribution in [0.3, 0.4) is 0 Å². The van der Waals surface area contributed by atoms with Crippen LogP contribution in [0.5, 0.6) is 0 Å². The smallest absolute Gasteiger partial charge is 0.277 e. The third kappa shape index (κ3) is 4.52. The van der Waals surface area contributed by atoms with Crippen LogP contribution in [0.25, 0.3) is 0 Å². The van der Waals surface area contributed by atoms with Gasteiger partial charge in [0.1, 0.15) is 0 Å². The topological polar surface area (TPSA) is 36.1 Å². The lowest BCUT2D eigenvalue weighted by atomic mass is 10.2. The van der Waals surface area contributed by atoms with Crippen molar-refractivity contribution in [2.45, 2.75) is 20.4 Å². The summed E-state index contributed by atoms with van der Waals surface area (Å²) in [4.78, 5) is 10.1. The summed E-state index contributed by atoms with van der Waals surface area (Å²) >= 11 is 0. The van der Waals surface area contributed by atoms with Gasteiger partial charge in [-0.3, -0.25) is 0 Å². The molecule has 3 nitrogen and oxygen atoms in total. The van der Waals surface area contributed by atoms with E-state index in [0.717, 1.165) is 6.54 Å². The summed E-state index contributed by atoms with van der Waals surface area (Å²) in [7, 11) is 2.48. The van der Waals surface area contributed by atoms with Crippen LogP contribution >= 0.6 is 0 Å². The number of rotatable bonds is 5. The van der Waals surface area contributed by atoms with Crippen molar-refractivity contribution in [1.82, 2.24) is 14.9 Å². The second kappa shape index (κ2) is 4.87. The normalized spacial score (nSPS) is 12.5. The Balaban J connectivity index is 3.69. The van der Waals surface area contributed by atoms with E-state index in [-0.39, 0.29) is 0 Å². The summed E-state index contributed by atoms with van der Waals surface area (Å²) < 4.78 is 0. The quantitative estimate of drug-likeness (QED) is 0.524. The molecule has 11 heavy (non-hydrogen) atoms. The maximum Gasteiger partial charge on any atom is 0.277 e. The van der Waals surface area contributed by atoms with Gasteiger partial charge in [0.05, 0.1) is 0 Å². The van der Waals surface area contributed by atoms with Gasteiger partial charge in [-0.1, -0.05) is 13.8 Å². The van der Waals surface area contributed by atoms with Crippen molar-refractivity contribution < 1.29 is 0 Å². The zero-order chi connectivity index (χ0) is 8.91. The van der Waals surface area contributed by atoms with Crippen molar-refractivity contribution in [1.29, 1.82) is 0 Å². The van der Waals surface area contributed by atoms with Gasteiger partial charge >= 0.3 is 0 Å². The number of hydrogen-bond donors (Lipinski definition) is 3. The van der Waals surface area contributed by atoms with Crippen molar-refractivity contribution in [3.63, 3.8) is 0 Å². The highest BCUT2D eigenvalue weighted by Gasteiger charge is 2.22. The maximum absolute atomic E-state index is 3.51. The lowest BCUT2D eigenvalue weighted by Gasteiger charge is -2.27. The Labute approximate surface area is 71.2 Å². The summed E-state index contributed by atoms with van der Waals surface area (Å²) in [5.41, 5.74) is 0. The van der Waals surface area contributed by atoms with Crippen LogP contribution in [0.4, 0.5) is 0 Å². The molecular formula is C7H21N3Si. The lowest BCUT2D eigenvalue weighted by molar-refractivity contribution is 0.614. The van der Waals surface area contributed by atoms with E-state index in [1.54, 1.807) is 0 Å². The molecule has 3 N–H and O–H groups in total. The first-order valence-corrected chi connectivity index (χ1v) is 6.67. The fourth-order valence-corrected chi connectivity index (χ4v) is 2.13. The monoisotopic (exact) mass is 175 g/mol. The molecule has 0 aliphatic heterocycles. The van der Waals surface area contributed by atoms with Crippen molar-refractivity contribution in [2.75, 3.05) is 20.6 Å². The van der Waals surface area contributed by atoms with Gasteiger partial charge in [0.25, 0.3) is 8.56 Å². The summed E-state index contributed by atoms with van der Waals surface area (Å²) in [6.07, 6.45) is 0. The fraction of sp³-hybridized carbons (Fsp3) is 1.00. The Morgan fingerprint density at radius 2 is 1.64 bits per heavy atom. The molecule has 0 aromatic heterocycles. The Morgan fingerprint density at radius 3 is 1.91 bits per heavy atom. The molecule has 0 fully saturated rings. The molecule has 0 radical (unpaired) electrons. The Morgan fingerprint density at radius 1 is 1.18 bits per heavy atom. The van der Waals surface area contributed by atoms with Crippen LogP contribution in [0.2, 0.25) is 6.55 Å². The van der Waals surface area contributed by atoms with Crippen LogP contribution in [-0.2, 0) is 0 Å². The summed E-state index contributed by atoms with van der Waals surface area (Å²) in [6, 6.07) is 0. The van der Waals surface area contributed by atoms with Gasteiger partial charge in [-0.2, -0.15) is 0 Å². The average Bonchev–Trinajstić information content (AvgIpc) is 2.00. The van der Waals surface area contributed by atoms with Gasteiger partial charge in [-0.15, -0.1) is 0 Å². The highest BCUT2D eigenvalue weighted by molar-refractivity contribution is 6.71. The van der Waals surface area contributed by atoms with E-state index in [1.807, 2.05) is 14.1 Å². The highest BCUT2D eigenvalue weighted by Crippen LogP contribution is 1.91. The SMILES string of the molecule is CN[Si](C)(NC)NCC(C)C. The van der Waals surface area contributed by atoms with Crippen molar-refractivity contribution in [3.05, 3.63) is 0 Å². The van der Waals surface area contributed by atoms with E-state index < -0.39 is 8.56 Å². The number of hydrogen-bond acceptors (Lipinski definition) is 3. The van der Waals surface area contributed by atoms with E-state index >= 15 is 0 Å². The van der Waals surface area contributed by atoms with Crippen LogP contribution in [0.1, 0.15) is 13.8 Å². The van der Waals surface area contributed by atoms with E-state index in [4.69, 9.17) is 0 Å². The van der Waals surface area contributed by atoms with Gasteiger partial charge in [0.2, 0.25) is 0 Å². The summed E-state index contributed by atoms with van der Waals surface area (Å²) in [5.74, 6) is 0.712. The zero-order valence-corrected chi connectivity index (χ0v) is 9.28. The molecule has 0 aromatic rings. The standard InChI is InChI=1S/C7H21N3Si/c1-7(2)6-10-11(5,8-3)9-4/h7-10H,6H2,1-5H3. The van der Waals surface area contributed by atoms with Crippen molar-refractivity contribution >= 4 is 8.56 Å². The van der Waals surface area contributed by atoms with E-state index in [1.165, 1.54) is 0 Å². The highest BCUT2D eigenvalue weighted by atomic mass is 28.4. The Kier molecular flexibility index (Phi) is 4.91. The van der Waals surface area contributed by atoms with E-state index in [0.29, 0.717) is 5.92 Å². The largest absolute Gasteiger partial charge is 0.316 e. The fourth-order valence-electron chi connectivity index (χ4n) is 0.710. The molecule has 0 aromatic carbocycles. The molecule has 0 saturated carbocycles. The Bertz CT molecular complexity index is 102. The van der Waals surface area contributed by atoms with Crippen LogP contribution in [0.15, 0.2) is 0 Å². The molecule has 0 bridgehead atoms. The van der Waals surface area contributed by atoms with Crippen molar-refractivity contribution in [2.24, 2.45) is 5.92 Å². The van der Waals surface area contributed by atoms with Gasteiger partial charge in [-0.05, 0) is 33.1 Å². The third-order valence-corrected chi connectivity index (χ3v) is 4.78. The molecule has 0 saturated heterocycles. The molecule has 0 aliphatic rings. The molecule has 0 amide bonds. The van der Waals surface area contributed by atoms with Crippen molar-refractivity contribution in [3.8, 4) is 0 Å². The van der Waals surface area contributed by atoms with Crippen LogP contribution in [-0.4, -0.2) is 29.2 Å². The predicted octanol–water partition coefficient (Wildman–Crippen LogP) is 0.239. The molecule has 68 valence electrons. The van der Waals surface area contributed by atoms with Gasteiger partial charge in [0.15, 0.2) is 0 Å².